The third kappa shape index (κ3) is 1.74. The zero-order chi connectivity index (χ0) is 9.97. The maximum atomic E-state index is 5.50. The van der Waals surface area contributed by atoms with Gasteiger partial charge in [0.25, 0.3) is 0 Å². The van der Waals surface area contributed by atoms with Crippen LogP contribution in [-0.4, -0.2) is 19.9 Å². The van der Waals surface area contributed by atoms with E-state index in [-0.39, 0.29) is 10.7 Å². The van der Waals surface area contributed by atoms with Crippen LogP contribution >= 0.6 is 12.2 Å². The van der Waals surface area contributed by atoms with Crippen molar-refractivity contribution in [3.05, 3.63) is 29.3 Å². The smallest absolute Gasteiger partial charge is 0.224 e. The van der Waals surface area contributed by atoms with E-state index in [0.29, 0.717) is 5.82 Å². The van der Waals surface area contributed by atoms with Crippen LogP contribution in [-0.2, 0) is 0 Å². The lowest BCUT2D eigenvalue weighted by molar-refractivity contribution is 1.05. The Morgan fingerprint density at radius 2 is 2.21 bits per heavy atom. The maximum absolute atomic E-state index is 5.50. The quantitative estimate of drug-likeness (QED) is 0.683. The van der Waals surface area contributed by atoms with Gasteiger partial charge in [0, 0.05) is 18.0 Å². The normalized spacial score (nSPS) is 10.0. The third-order valence-corrected chi connectivity index (χ3v) is 1.79. The number of anilines is 1. The number of rotatable bonds is 1. The Morgan fingerprint density at radius 3 is 2.86 bits per heavy atom. The molecule has 0 aliphatic carbocycles. The lowest BCUT2D eigenvalue weighted by Gasteiger charge is -2.00. The molecule has 0 aliphatic rings. The zero-order valence-corrected chi connectivity index (χ0v) is 7.95. The lowest BCUT2D eigenvalue weighted by Crippen LogP contribution is -1.99. The highest BCUT2D eigenvalue weighted by atomic mass is 32.1. The predicted octanol–water partition coefficient (Wildman–Crippen LogP) is 1.18. The van der Waals surface area contributed by atoms with Crippen LogP contribution in [0.2, 0.25) is 0 Å². The summed E-state index contributed by atoms with van der Waals surface area (Å²) in [7, 11) is 0. The molecule has 5 nitrogen and oxygen atoms in total. The van der Waals surface area contributed by atoms with Gasteiger partial charge in [0.05, 0.1) is 0 Å². The molecule has 0 atom stereocenters. The molecular formula is C8H7N5S. The minimum atomic E-state index is 0.222. The van der Waals surface area contributed by atoms with Gasteiger partial charge in [-0.3, -0.25) is 4.98 Å². The molecule has 0 aliphatic heterocycles. The lowest BCUT2D eigenvalue weighted by atomic mass is 10.3. The molecule has 0 unspecified atom stereocenters. The van der Waals surface area contributed by atoms with Gasteiger partial charge in [0.15, 0.2) is 0 Å². The molecule has 0 fully saturated rings. The Morgan fingerprint density at radius 1 is 1.36 bits per heavy atom. The molecule has 3 N–H and O–H groups in total. The van der Waals surface area contributed by atoms with Crippen LogP contribution in [0.15, 0.2) is 24.5 Å². The molecule has 2 rings (SSSR count). The molecule has 6 heteroatoms. The molecule has 0 amide bonds. The highest BCUT2D eigenvalue weighted by Gasteiger charge is 2.00. The average molecular weight is 205 g/mol. The van der Waals surface area contributed by atoms with Crippen LogP contribution in [0.3, 0.4) is 0 Å². The molecule has 2 aromatic rings. The molecule has 0 saturated carbocycles. The Labute approximate surface area is 85.1 Å². The Hall–Kier alpha value is -1.82. The standard InChI is InChI=1S/C8H7N5S/c9-7-11-6(12-8(14)13-7)5-2-1-3-10-4-5/h1-4H,(H3,9,11,12,13,14). The second-order valence-electron chi connectivity index (χ2n) is 2.61. The molecule has 0 saturated heterocycles. The van der Waals surface area contributed by atoms with Gasteiger partial charge in [-0.2, -0.15) is 4.98 Å². The van der Waals surface area contributed by atoms with E-state index in [2.05, 4.69) is 19.9 Å². The molecule has 2 heterocycles. The van der Waals surface area contributed by atoms with Crippen LogP contribution in [0.4, 0.5) is 5.95 Å². The Bertz CT molecular complexity index is 493. The van der Waals surface area contributed by atoms with E-state index in [1.165, 1.54) is 0 Å². The van der Waals surface area contributed by atoms with Crippen LogP contribution in [0, 0.1) is 4.77 Å². The van der Waals surface area contributed by atoms with Crippen molar-refractivity contribution >= 4 is 18.2 Å². The minimum absolute atomic E-state index is 0.222. The van der Waals surface area contributed by atoms with Crippen molar-refractivity contribution in [3.8, 4) is 11.4 Å². The zero-order valence-electron chi connectivity index (χ0n) is 7.14. The van der Waals surface area contributed by atoms with Crippen LogP contribution in [0.1, 0.15) is 0 Å². The van der Waals surface area contributed by atoms with Gasteiger partial charge < -0.3 is 10.7 Å². The van der Waals surface area contributed by atoms with Crippen molar-refractivity contribution in [2.75, 3.05) is 5.73 Å². The van der Waals surface area contributed by atoms with Gasteiger partial charge in [-0.05, 0) is 24.4 Å². The Kier molecular flexibility index (Phi) is 2.19. The number of aromatic amines is 1. The third-order valence-electron chi connectivity index (χ3n) is 1.60. The second kappa shape index (κ2) is 3.51. The van der Waals surface area contributed by atoms with E-state index in [4.69, 9.17) is 18.0 Å². The number of nitrogens with zero attached hydrogens (tertiary/aromatic N) is 3. The van der Waals surface area contributed by atoms with Gasteiger partial charge in [-0.25, -0.2) is 4.98 Å². The fourth-order valence-corrected chi connectivity index (χ4v) is 1.23. The summed E-state index contributed by atoms with van der Waals surface area (Å²) in [5.41, 5.74) is 6.33. The van der Waals surface area contributed by atoms with Crippen molar-refractivity contribution in [1.29, 1.82) is 0 Å². The first-order valence-corrected chi connectivity index (χ1v) is 4.31. The van der Waals surface area contributed by atoms with E-state index >= 15 is 0 Å². The first-order valence-electron chi connectivity index (χ1n) is 3.90. The predicted molar refractivity (Wildman–Crippen MR) is 54.9 cm³/mol. The number of hydrogen-bond acceptors (Lipinski definition) is 5. The average Bonchev–Trinajstić information content (AvgIpc) is 2.18. The number of aromatic nitrogens is 4. The van der Waals surface area contributed by atoms with Crippen LogP contribution < -0.4 is 5.73 Å². The number of H-pyrrole nitrogens is 1. The molecule has 0 radical (unpaired) electrons. The minimum Gasteiger partial charge on any atom is -0.369 e. The first kappa shape index (κ1) is 8.76. The monoisotopic (exact) mass is 205 g/mol. The van der Waals surface area contributed by atoms with Gasteiger partial charge in [-0.1, -0.05) is 0 Å². The highest BCUT2D eigenvalue weighted by Crippen LogP contribution is 2.11. The van der Waals surface area contributed by atoms with Crippen molar-refractivity contribution in [2.24, 2.45) is 0 Å². The highest BCUT2D eigenvalue weighted by molar-refractivity contribution is 7.71. The number of nitrogen functional groups attached to an aromatic ring is 1. The topological polar surface area (TPSA) is 80.5 Å². The molecule has 70 valence electrons. The summed E-state index contributed by atoms with van der Waals surface area (Å²) in [5.74, 6) is 0.833. The van der Waals surface area contributed by atoms with E-state index in [9.17, 15) is 0 Å². The molecule has 0 spiro atoms. The number of nitrogens with one attached hydrogen (secondary N) is 1. The second-order valence-corrected chi connectivity index (χ2v) is 2.97. The molecule has 2 aromatic heterocycles. The van der Waals surface area contributed by atoms with Gasteiger partial charge >= 0.3 is 0 Å². The summed E-state index contributed by atoms with van der Waals surface area (Å²) in [5, 5.41) is 0. The van der Waals surface area contributed by atoms with Crippen molar-refractivity contribution in [1.82, 2.24) is 19.9 Å². The van der Waals surface area contributed by atoms with Crippen molar-refractivity contribution in [2.45, 2.75) is 0 Å². The van der Waals surface area contributed by atoms with Gasteiger partial charge in [-0.15, -0.1) is 0 Å². The molecule has 0 bridgehead atoms. The van der Waals surface area contributed by atoms with Crippen LogP contribution in [0.25, 0.3) is 11.4 Å². The summed E-state index contributed by atoms with van der Waals surface area (Å²) in [6.07, 6.45) is 3.36. The molecule has 0 aromatic carbocycles. The van der Waals surface area contributed by atoms with Gasteiger partial charge in [0.2, 0.25) is 10.7 Å². The number of nitrogens with two attached hydrogens (primary N) is 1. The van der Waals surface area contributed by atoms with E-state index in [1.54, 1.807) is 12.4 Å². The summed E-state index contributed by atoms with van der Waals surface area (Å²) in [6, 6.07) is 3.67. The maximum Gasteiger partial charge on any atom is 0.224 e. The van der Waals surface area contributed by atoms with E-state index in [0.717, 1.165) is 5.56 Å². The van der Waals surface area contributed by atoms with Crippen LogP contribution in [0.5, 0.6) is 0 Å². The van der Waals surface area contributed by atoms with E-state index < -0.39 is 0 Å². The SMILES string of the molecule is Nc1nc(=S)nc(-c2cccnc2)[nH]1. The van der Waals surface area contributed by atoms with Crippen molar-refractivity contribution < 1.29 is 0 Å². The summed E-state index contributed by atoms with van der Waals surface area (Å²) in [6.45, 7) is 0. The molecular weight excluding hydrogens is 198 g/mol. The number of hydrogen-bond donors (Lipinski definition) is 2. The fourth-order valence-electron chi connectivity index (χ4n) is 1.04. The Balaban J connectivity index is 2.58. The van der Waals surface area contributed by atoms with Gasteiger partial charge in [0.1, 0.15) is 5.82 Å². The summed E-state index contributed by atoms with van der Waals surface area (Å²) >= 11 is 4.84. The molecule has 14 heavy (non-hydrogen) atoms. The fraction of sp³-hybridized carbons (Fsp3) is 0. The summed E-state index contributed by atoms with van der Waals surface area (Å²) in [4.78, 5) is 14.6. The first-order chi connectivity index (χ1) is 6.75. The largest absolute Gasteiger partial charge is 0.369 e. The van der Waals surface area contributed by atoms with Crippen molar-refractivity contribution in [3.63, 3.8) is 0 Å². The summed E-state index contributed by atoms with van der Waals surface area (Å²) < 4.78 is 0.222. The number of pyridine rings is 1. The van der Waals surface area contributed by atoms with E-state index in [1.807, 2.05) is 12.1 Å².